The third-order valence-corrected chi connectivity index (χ3v) is 3.52. The fourth-order valence-corrected chi connectivity index (χ4v) is 2.16. The van der Waals surface area contributed by atoms with E-state index in [0.29, 0.717) is 16.7 Å². The minimum atomic E-state index is 0.241. The molecule has 22 heavy (non-hydrogen) atoms. The average molecular weight is 315 g/mol. The highest BCUT2D eigenvalue weighted by molar-refractivity contribution is 6.30. The largest absolute Gasteiger partial charge is 0.483 e. The predicted octanol–water partition coefficient (Wildman–Crippen LogP) is 4.59. The Labute approximate surface area is 133 Å². The lowest BCUT2D eigenvalue weighted by Gasteiger charge is -2.07. The van der Waals surface area contributed by atoms with E-state index in [4.69, 9.17) is 20.9 Å². The lowest BCUT2D eigenvalue weighted by Crippen LogP contribution is -1.97. The number of aromatic nitrogens is 2. The van der Waals surface area contributed by atoms with Gasteiger partial charge in [-0.15, -0.1) is 0 Å². The van der Waals surface area contributed by atoms with Crippen molar-refractivity contribution < 1.29 is 9.26 Å². The molecule has 0 fully saturated rings. The molecule has 0 spiro atoms. The molecule has 0 saturated heterocycles. The van der Waals surface area contributed by atoms with Gasteiger partial charge in [-0.3, -0.25) is 0 Å². The molecule has 0 bridgehead atoms. The van der Waals surface area contributed by atoms with Crippen molar-refractivity contribution in [2.45, 2.75) is 20.5 Å². The smallest absolute Gasteiger partial charge is 0.264 e. The summed E-state index contributed by atoms with van der Waals surface area (Å²) < 4.78 is 11.0. The van der Waals surface area contributed by atoms with Gasteiger partial charge in [0.1, 0.15) is 5.75 Å². The second-order valence-corrected chi connectivity index (χ2v) is 5.51. The Morgan fingerprint density at radius 1 is 1.09 bits per heavy atom. The number of halogens is 1. The highest BCUT2D eigenvalue weighted by atomic mass is 35.5. The number of hydrogen-bond donors (Lipinski definition) is 0. The summed E-state index contributed by atoms with van der Waals surface area (Å²) in [6, 6.07) is 13.3. The van der Waals surface area contributed by atoms with Crippen molar-refractivity contribution in [1.82, 2.24) is 10.1 Å². The molecule has 0 aliphatic heterocycles. The van der Waals surface area contributed by atoms with Crippen molar-refractivity contribution in [2.75, 3.05) is 0 Å². The second kappa shape index (κ2) is 6.20. The van der Waals surface area contributed by atoms with Crippen molar-refractivity contribution in [3.8, 4) is 17.1 Å². The van der Waals surface area contributed by atoms with E-state index in [9.17, 15) is 0 Å². The molecule has 3 rings (SSSR count). The molecule has 0 aliphatic rings. The molecule has 2 aromatic carbocycles. The van der Waals surface area contributed by atoms with Crippen molar-refractivity contribution in [2.24, 2.45) is 0 Å². The van der Waals surface area contributed by atoms with Gasteiger partial charge in [-0.1, -0.05) is 28.9 Å². The SMILES string of the molecule is Cc1ccc(C)c(OCc2nc(-c3ccc(Cl)cc3)no2)c1. The highest BCUT2D eigenvalue weighted by Gasteiger charge is 2.10. The molecule has 0 aliphatic carbocycles. The molecule has 4 nitrogen and oxygen atoms in total. The third-order valence-electron chi connectivity index (χ3n) is 3.27. The lowest BCUT2D eigenvalue weighted by atomic mass is 10.1. The van der Waals surface area contributed by atoms with Crippen molar-refractivity contribution in [1.29, 1.82) is 0 Å². The Kier molecular flexibility index (Phi) is 4.11. The van der Waals surface area contributed by atoms with E-state index >= 15 is 0 Å². The van der Waals surface area contributed by atoms with Crippen LogP contribution in [0.15, 0.2) is 47.0 Å². The van der Waals surface area contributed by atoms with Crippen molar-refractivity contribution in [3.63, 3.8) is 0 Å². The van der Waals surface area contributed by atoms with Crippen LogP contribution in [0.3, 0.4) is 0 Å². The van der Waals surface area contributed by atoms with Gasteiger partial charge in [-0.2, -0.15) is 4.98 Å². The van der Waals surface area contributed by atoms with Crippen molar-refractivity contribution >= 4 is 11.6 Å². The Balaban J connectivity index is 1.72. The average Bonchev–Trinajstić information content (AvgIpc) is 2.98. The molecular formula is C17H15ClN2O2. The van der Waals surface area contributed by atoms with Gasteiger partial charge in [0.2, 0.25) is 5.82 Å². The Bertz CT molecular complexity index is 782. The van der Waals surface area contributed by atoms with Gasteiger partial charge in [0.25, 0.3) is 5.89 Å². The van der Waals surface area contributed by atoms with E-state index in [-0.39, 0.29) is 6.61 Å². The normalized spacial score (nSPS) is 10.7. The van der Waals surface area contributed by atoms with Crippen LogP contribution in [0.1, 0.15) is 17.0 Å². The van der Waals surface area contributed by atoms with Gasteiger partial charge < -0.3 is 9.26 Å². The molecule has 0 amide bonds. The molecule has 0 unspecified atom stereocenters. The monoisotopic (exact) mass is 314 g/mol. The molecule has 3 aromatic rings. The fraction of sp³-hybridized carbons (Fsp3) is 0.176. The van der Waals surface area contributed by atoms with Crippen LogP contribution in [0.25, 0.3) is 11.4 Å². The summed E-state index contributed by atoms with van der Waals surface area (Å²) in [5, 5.41) is 4.63. The Hall–Kier alpha value is -2.33. The van der Waals surface area contributed by atoms with Crippen molar-refractivity contribution in [3.05, 3.63) is 64.5 Å². The van der Waals surface area contributed by atoms with Gasteiger partial charge in [0.15, 0.2) is 6.61 Å². The maximum atomic E-state index is 5.87. The number of ether oxygens (including phenoxy) is 1. The number of nitrogens with zero attached hydrogens (tertiary/aromatic N) is 2. The number of benzene rings is 2. The van der Waals surface area contributed by atoms with Crippen LogP contribution >= 0.6 is 11.6 Å². The van der Waals surface area contributed by atoms with Crippen LogP contribution < -0.4 is 4.74 Å². The molecule has 1 aromatic heterocycles. The molecule has 0 saturated carbocycles. The maximum Gasteiger partial charge on any atom is 0.264 e. The Morgan fingerprint density at radius 2 is 1.86 bits per heavy atom. The summed E-state index contributed by atoms with van der Waals surface area (Å²) in [5.74, 6) is 1.79. The molecule has 0 atom stereocenters. The number of rotatable bonds is 4. The van der Waals surface area contributed by atoms with Crippen LogP contribution in [-0.4, -0.2) is 10.1 Å². The van der Waals surface area contributed by atoms with E-state index in [2.05, 4.69) is 10.1 Å². The summed E-state index contributed by atoms with van der Waals surface area (Å²) in [4.78, 5) is 4.33. The van der Waals surface area contributed by atoms with E-state index in [1.54, 1.807) is 12.1 Å². The zero-order chi connectivity index (χ0) is 15.5. The van der Waals surface area contributed by atoms with Crippen LogP contribution in [-0.2, 0) is 6.61 Å². The molecular weight excluding hydrogens is 300 g/mol. The van der Waals surface area contributed by atoms with Crippen LogP contribution in [0.2, 0.25) is 5.02 Å². The standard InChI is InChI=1S/C17H15ClN2O2/c1-11-3-4-12(2)15(9-11)21-10-16-19-17(20-22-16)13-5-7-14(18)8-6-13/h3-9H,10H2,1-2H3. The van der Waals surface area contributed by atoms with Gasteiger partial charge in [0, 0.05) is 10.6 Å². The van der Waals surface area contributed by atoms with E-state index in [0.717, 1.165) is 22.4 Å². The molecule has 5 heteroatoms. The van der Waals surface area contributed by atoms with E-state index < -0.39 is 0 Å². The van der Waals surface area contributed by atoms with E-state index in [1.165, 1.54) is 0 Å². The minimum Gasteiger partial charge on any atom is -0.483 e. The predicted molar refractivity (Wildman–Crippen MR) is 85.0 cm³/mol. The maximum absolute atomic E-state index is 5.87. The third kappa shape index (κ3) is 3.28. The minimum absolute atomic E-state index is 0.241. The quantitative estimate of drug-likeness (QED) is 0.707. The molecule has 0 radical (unpaired) electrons. The fourth-order valence-electron chi connectivity index (χ4n) is 2.03. The number of aryl methyl sites for hydroxylation is 2. The molecule has 0 N–H and O–H groups in total. The van der Waals surface area contributed by atoms with E-state index in [1.807, 2.05) is 44.2 Å². The first kappa shape index (κ1) is 14.6. The van der Waals surface area contributed by atoms with Crippen LogP contribution in [0.4, 0.5) is 0 Å². The highest BCUT2D eigenvalue weighted by Crippen LogP contribution is 2.22. The van der Waals surface area contributed by atoms with Gasteiger partial charge in [0.05, 0.1) is 0 Å². The summed E-state index contributed by atoms with van der Waals surface area (Å²) in [6.45, 7) is 4.27. The first-order valence-electron chi connectivity index (χ1n) is 6.90. The zero-order valence-corrected chi connectivity index (χ0v) is 13.1. The lowest BCUT2D eigenvalue weighted by molar-refractivity contribution is 0.241. The topological polar surface area (TPSA) is 48.2 Å². The van der Waals surface area contributed by atoms with Gasteiger partial charge in [-0.05, 0) is 55.3 Å². The first-order chi connectivity index (χ1) is 10.6. The Morgan fingerprint density at radius 3 is 2.64 bits per heavy atom. The molecule has 112 valence electrons. The summed E-state index contributed by atoms with van der Waals surface area (Å²) >= 11 is 5.87. The van der Waals surface area contributed by atoms with Gasteiger partial charge in [-0.25, -0.2) is 0 Å². The molecule has 1 heterocycles. The summed E-state index contributed by atoms with van der Waals surface area (Å²) in [5.41, 5.74) is 3.07. The van der Waals surface area contributed by atoms with Crippen LogP contribution in [0, 0.1) is 13.8 Å². The first-order valence-corrected chi connectivity index (χ1v) is 7.28. The summed E-state index contributed by atoms with van der Waals surface area (Å²) in [7, 11) is 0. The second-order valence-electron chi connectivity index (χ2n) is 5.08. The number of hydrogen-bond acceptors (Lipinski definition) is 4. The van der Waals surface area contributed by atoms with Gasteiger partial charge >= 0.3 is 0 Å². The summed E-state index contributed by atoms with van der Waals surface area (Å²) in [6.07, 6.45) is 0. The zero-order valence-electron chi connectivity index (χ0n) is 12.3. The van der Waals surface area contributed by atoms with Crippen LogP contribution in [0.5, 0.6) is 5.75 Å².